The normalized spacial score (nSPS) is 11.5. The van der Waals surface area contributed by atoms with Crippen LogP contribution in [0.25, 0.3) is 0 Å². The predicted molar refractivity (Wildman–Crippen MR) is 66.6 cm³/mol. The molecule has 0 aliphatic carbocycles. The van der Waals surface area contributed by atoms with E-state index in [9.17, 15) is 4.57 Å². The van der Waals surface area contributed by atoms with Gasteiger partial charge in [-0.3, -0.25) is 4.57 Å². The van der Waals surface area contributed by atoms with Gasteiger partial charge in [0.1, 0.15) is 18.8 Å². The number of anilines is 1. The van der Waals surface area contributed by atoms with E-state index in [0.717, 1.165) is 0 Å². The Hall–Kier alpha value is -0.860. The lowest BCUT2D eigenvalue weighted by Gasteiger charge is -2.08. The number of nitrogens with zero attached hydrogens (tertiary/aromatic N) is 2. The van der Waals surface area contributed by atoms with Gasteiger partial charge in [-0.15, -0.1) is 0 Å². The molecule has 0 unspecified atom stereocenters. The number of ether oxygens (including phenoxy) is 2. The summed E-state index contributed by atoms with van der Waals surface area (Å²) in [6, 6.07) is 1.46. The standard InChI is InChI=1S/C8H14N3O5PS/c1-18-8-10-6(9)4-7(11-8)16-3-2-15-5-17(12,13)14/h4H,2-3,5H2,1H3,(H2,9,10,11)(H2,12,13,14). The molecule has 8 nitrogen and oxygen atoms in total. The Bertz CT molecular complexity index is 441. The van der Waals surface area contributed by atoms with Crippen molar-refractivity contribution in [2.45, 2.75) is 5.16 Å². The number of thioether (sulfide) groups is 1. The maximum Gasteiger partial charge on any atom is 0.350 e. The van der Waals surface area contributed by atoms with Gasteiger partial charge in [0.15, 0.2) is 5.16 Å². The van der Waals surface area contributed by atoms with Crippen molar-refractivity contribution in [1.29, 1.82) is 0 Å². The minimum absolute atomic E-state index is 0.0453. The highest BCUT2D eigenvalue weighted by Gasteiger charge is 2.12. The zero-order chi connectivity index (χ0) is 13.6. The second-order valence-electron chi connectivity index (χ2n) is 3.17. The molecular formula is C8H14N3O5PS. The van der Waals surface area contributed by atoms with Gasteiger partial charge >= 0.3 is 7.60 Å². The minimum Gasteiger partial charge on any atom is -0.475 e. The first-order chi connectivity index (χ1) is 8.40. The average Bonchev–Trinajstić information content (AvgIpc) is 2.26. The maximum absolute atomic E-state index is 10.5. The van der Waals surface area contributed by atoms with Crippen molar-refractivity contribution in [2.75, 3.05) is 31.6 Å². The second kappa shape index (κ2) is 6.91. The molecule has 0 amide bonds. The molecule has 18 heavy (non-hydrogen) atoms. The molecule has 0 spiro atoms. The topological polar surface area (TPSA) is 128 Å². The van der Waals surface area contributed by atoms with E-state index in [1.165, 1.54) is 17.8 Å². The van der Waals surface area contributed by atoms with Gasteiger partial charge in [0, 0.05) is 6.07 Å². The third-order valence-corrected chi connectivity index (χ3v) is 2.69. The van der Waals surface area contributed by atoms with Crippen LogP contribution < -0.4 is 10.5 Å². The van der Waals surface area contributed by atoms with Crippen molar-refractivity contribution in [3.05, 3.63) is 6.07 Å². The molecule has 0 saturated carbocycles. The molecule has 0 saturated heterocycles. The van der Waals surface area contributed by atoms with Gasteiger partial charge in [0.05, 0.1) is 6.61 Å². The van der Waals surface area contributed by atoms with E-state index in [2.05, 4.69) is 9.97 Å². The van der Waals surface area contributed by atoms with Crippen molar-refractivity contribution in [3.63, 3.8) is 0 Å². The zero-order valence-corrected chi connectivity index (χ0v) is 11.4. The Morgan fingerprint density at radius 1 is 1.44 bits per heavy atom. The Balaban J connectivity index is 2.35. The van der Waals surface area contributed by atoms with E-state index in [-0.39, 0.29) is 13.2 Å². The lowest BCUT2D eigenvalue weighted by Crippen LogP contribution is -2.09. The Morgan fingerprint density at radius 3 is 2.78 bits per heavy atom. The van der Waals surface area contributed by atoms with Gasteiger partial charge in [-0.25, -0.2) is 4.98 Å². The van der Waals surface area contributed by atoms with Crippen molar-refractivity contribution in [3.8, 4) is 5.88 Å². The van der Waals surface area contributed by atoms with E-state index in [4.69, 9.17) is 25.0 Å². The monoisotopic (exact) mass is 295 g/mol. The maximum atomic E-state index is 10.5. The van der Waals surface area contributed by atoms with Crippen LogP contribution in [-0.2, 0) is 9.30 Å². The van der Waals surface area contributed by atoms with E-state index in [1.54, 1.807) is 0 Å². The smallest absolute Gasteiger partial charge is 0.350 e. The molecule has 0 aromatic carbocycles. The molecule has 0 radical (unpaired) electrons. The van der Waals surface area contributed by atoms with Crippen molar-refractivity contribution < 1.29 is 23.8 Å². The van der Waals surface area contributed by atoms with Gasteiger partial charge in [-0.05, 0) is 6.26 Å². The fourth-order valence-electron chi connectivity index (χ4n) is 0.975. The van der Waals surface area contributed by atoms with Crippen LogP contribution in [0.1, 0.15) is 0 Å². The van der Waals surface area contributed by atoms with Gasteiger partial charge < -0.3 is 25.0 Å². The fourth-order valence-corrected chi connectivity index (χ4v) is 1.72. The van der Waals surface area contributed by atoms with Gasteiger partial charge in [0.2, 0.25) is 5.88 Å². The molecule has 1 aromatic rings. The largest absolute Gasteiger partial charge is 0.475 e. The minimum atomic E-state index is -4.13. The third kappa shape index (κ3) is 6.18. The van der Waals surface area contributed by atoms with E-state index >= 15 is 0 Å². The summed E-state index contributed by atoms with van der Waals surface area (Å²) in [5.41, 5.74) is 5.54. The third-order valence-electron chi connectivity index (χ3n) is 1.62. The zero-order valence-electron chi connectivity index (χ0n) is 9.65. The second-order valence-corrected chi connectivity index (χ2v) is 5.53. The first kappa shape index (κ1) is 15.2. The number of rotatable bonds is 7. The fraction of sp³-hybridized carbons (Fsp3) is 0.500. The van der Waals surface area contributed by atoms with Crippen molar-refractivity contribution >= 4 is 25.2 Å². The average molecular weight is 295 g/mol. The predicted octanol–water partition coefficient (Wildman–Crippen LogP) is 0.311. The lowest BCUT2D eigenvalue weighted by molar-refractivity contribution is 0.117. The Labute approximate surface area is 108 Å². The molecule has 102 valence electrons. The molecule has 0 atom stereocenters. The van der Waals surface area contributed by atoms with Crippen molar-refractivity contribution in [2.24, 2.45) is 0 Å². The summed E-state index contributed by atoms with van der Waals surface area (Å²) < 4.78 is 20.4. The molecule has 0 aliphatic rings. The Morgan fingerprint density at radius 2 is 2.17 bits per heavy atom. The van der Waals surface area contributed by atoms with Crippen LogP contribution in [0.5, 0.6) is 5.88 Å². The summed E-state index contributed by atoms with van der Waals surface area (Å²) in [5, 5.41) is 0.487. The number of hydrogen-bond donors (Lipinski definition) is 3. The summed E-state index contributed by atoms with van der Waals surface area (Å²) >= 11 is 1.33. The highest BCUT2D eigenvalue weighted by atomic mass is 32.2. The summed E-state index contributed by atoms with van der Waals surface area (Å²) in [6.45, 7) is 0.161. The van der Waals surface area contributed by atoms with Crippen LogP contribution in [0.15, 0.2) is 11.2 Å². The molecule has 1 aromatic heterocycles. The summed E-state index contributed by atoms with van der Waals surface area (Å²) in [7, 11) is -4.13. The number of aromatic nitrogens is 2. The molecule has 1 heterocycles. The number of hydrogen-bond acceptors (Lipinski definition) is 7. The summed E-state index contributed by atoms with van der Waals surface area (Å²) in [4.78, 5) is 25.1. The SMILES string of the molecule is CSc1nc(N)cc(OCCOCP(=O)(O)O)n1. The van der Waals surface area contributed by atoms with Gasteiger partial charge in [-0.1, -0.05) is 11.8 Å². The first-order valence-corrected chi connectivity index (χ1v) is 7.86. The van der Waals surface area contributed by atoms with Crippen LogP contribution in [0, 0.1) is 0 Å². The molecule has 1 rings (SSSR count). The highest BCUT2D eigenvalue weighted by Crippen LogP contribution is 2.33. The van der Waals surface area contributed by atoms with Crippen LogP contribution >= 0.6 is 19.4 Å². The molecule has 10 heteroatoms. The Kier molecular flexibility index (Phi) is 5.83. The van der Waals surface area contributed by atoms with Gasteiger partial charge in [0.25, 0.3) is 0 Å². The summed E-state index contributed by atoms with van der Waals surface area (Å²) in [5.74, 6) is 0.590. The van der Waals surface area contributed by atoms with E-state index in [1.807, 2.05) is 6.26 Å². The molecular weight excluding hydrogens is 281 g/mol. The number of nitrogen functional groups attached to an aromatic ring is 1. The van der Waals surface area contributed by atoms with Crippen LogP contribution in [0.4, 0.5) is 5.82 Å². The number of nitrogens with two attached hydrogens (primary N) is 1. The lowest BCUT2D eigenvalue weighted by atomic mass is 10.6. The molecule has 0 fully saturated rings. The first-order valence-electron chi connectivity index (χ1n) is 4.84. The van der Waals surface area contributed by atoms with Crippen LogP contribution in [-0.4, -0.2) is 45.6 Å². The van der Waals surface area contributed by atoms with Crippen molar-refractivity contribution in [1.82, 2.24) is 9.97 Å². The van der Waals surface area contributed by atoms with Crippen LogP contribution in [0.2, 0.25) is 0 Å². The van der Waals surface area contributed by atoms with E-state index < -0.39 is 13.9 Å². The van der Waals surface area contributed by atoms with E-state index in [0.29, 0.717) is 16.9 Å². The summed E-state index contributed by atoms with van der Waals surface area (Å²) in [6.07, 6.45) is 1.18. The quantitative estimate of drug-likeness (QED) is 0.282. The van der Waals surface area contributed by atoms with Crippen LogP contribution in [0.3, 0.4) is 0 Å². The highest BCUT2D eigenvalue weighted by molar-refractivity contribution is 7.98. The molecule has 4 N–H and O–H groups in total. The molecule has 0 aliphatic heterocycles. The molecule has 0 bridgehead atoms. The van der Waals surface area contributed by atoms with Gasteiger partial charge in [-0.2, -0.15) is 4.98 Å².